The first-order valence-electron chi connectivity index (χ1n) is 6.06. The Labute approximate surface area is 102 Å². The van der Waals surface area contributed by atoms with E-state index in [0.717, 1.165) is 31.5 Å². The lowest BCUT2D eigenvalue weighted by atomic mass is 9.98. The number of phenols is 2. The maximum absolute atomic E-state index is 9.45. The molecule has 1 heterocycles. The smallest absolute Gasteiger partial charge is 0.157 e. The second-order valence-corrected chi connectivity index (χ2v) is 4.93. The summed E-state index contributed by atoms with van der Waals surface area (Å²) in [6.07, 6.45) is 2.04. The average Bonchev–Trinajstić information content (AvgIpc) is 2.27. The third-order valence-corrected chi connectivity index (χ3v) is 3.48. The molecule has 0 aliphatic carbocycles. The fourth-order valence-electron chi connectivity index (χ4n) is 2.39. The summed E-state index contributed by atoms with van der Waals surface area (Å²) in [5.41, 5.74) is 6.94. The van der Waals surface area contributed by atoms with E-state index < -0.39 is 0 Å². The summed E-state index contributed by atoms with van der Waals surface area (Å²) >= 11 is 0. The molecule has 17 heavy (non-hydrogen) atoms. The van der Waals surface area contributed by atoms with Gasteiger partial charge in [-0.1, -0.05) is 6.07 Å². The van der Waals surface area contributed by atoms with Gasteiger partial charge in [-0.05, 0) is 37.5 Å². The van der Waals surface area contributed by atoms with Crippen molar-refractivity contribution in [3.63, 3.8) is 0 Å². The van der Waals surface area contributed by atoms with Crippen LogP contribution in [0, 0.1) is 0 Å². The van der Waals surface area contributed by atoms with Crippen molar-refractivity contribution in [3.8, 4) is 11.5 Å². The Hall–Kier alpha value is -1.26. The Morgan fingerprint density at radius 3 is 2.76 bits per heavy atom. The first kappa shape index (κ1) is 12.2. The standard InChI is InChI=1S/C13H20N2O2/c1-9-6-11(14)4-5-15(9)8-10-2-3-12(16)13(17)7-10/h2-3,7,9,11,16-17H,4-6,8,14H2,1H3. The van der Waals surface area contributed by atoms with Gasteiger partial charge in [-0.3, -0.25) is 4.90 Å². The van der Waals surface area contributed by atoms with Crippen molar-refractivity contribution >= 4 is 0 Å². The van der Waals surface area contributed by atoms with Crippen LogP contribution >= 0.6 is 0 Å². The number of hydrogen-bond donors (Lipinski definition) is 3. The first-order chi connectivity index (χ1) is 8.06. The fraction of sp³-hybridized carbons (Fsp3) is 0.538. The van der Waals surface area contributed by atoms with Crippen LogP contribution in [0.4, 0.5) is 0 Å². The number of hydrogen-bond acceptors (Lipinski definition) is 4. The van der Waals surface area contributed by atoms with Crippen molar-refractivity contribution in [1.82, 2.24) is 4.90 Å². The number of aromatic hydroxyl groups is 2. The van der Waals surface area contributed by atoms with Crippen molar-refractivity contribution in [3.05, 3.63) is 23.8 Å². The van der Waals surface area contributed by atoms with Gasteiger partial charge in [0.2, 0.25) is 0 Å². The molecule has 0 saturated carbocycles. The van der Waals surface area contributed by atoms with Gasteiger partial charge in [-0.25, -0.2) is 0 Å². The summed E-state index contributed by atoms with van der Waals surface area (Å²) in [7, 11) is 0. The highest BCUT2D eigenvalue weighted by Gasteiger charge is 2.23. The normalized spacial score (nSPS) is 26.0. The molecule has 1 aliphatic heterocycles. The number of piperidine rings is 1. The Balaban J connectivity index is 2.02. The van der Waals surface area contributed by atoms with Crippen molar-refractivity contribution in [2.24, 2.45) is 5.73 Å². The van der Waals surface area contributed by atoms with Gasteiger partial charge in [0.1, 0.15) is 0 Å². The molecular weight excluding hydrogens is 216 g/mol. The summed E-state index contributed by atoms with van der Waals surface area (Å²) in [6, 6.07) is 5.78. The molecular formula is C13H20N2O2. The van der Waals surface area contributed by atoms with E-state index in [4.69, 9.17) is 5.73 Å². The quantitative estimate of drug-likeness (QED) is 0.679. The Morgan fingerprint density at radius 2 is 2.12 bits per heavy atom. The maximum atomic E-state index is 9.45. The Bertz CT molecular complexity index is 395. The second-order valence-electron chi connectivity index (χ2n) is 4.93. The third-order valence-electron chi connectivity index (χ3n) is 3.48. The van der Waals surface area contributed by atoms with Crippen molar-refractivity contribution < 1.29 is 10.2 Å². The van der Waals surface area contributed by atoms with Crippen LogP contribution in [0.2, 0.25) is 0 Å². The highest BCUT2D eigenvalue weighted by molar-refractivity contribution is 5.40. The molecule has 1 aromatic rings. The number of likely N-dealkylation sites (tertiary alicyclic amines) is 1. The van der Waals surface area contributed by atoms with Crippen molar-refractivity contribution in [2.75, 3.05) is 6.54 Å². The van der Waals surface area contributed by atoms with Crippen LogP contribution in [-0.4, -0.2) is 33.7 Å². The van der Waals surface area contributed by atoms with E-state index in [1.54, 1.807) is 6.07 Å². The molecule has 2 unspecified atom stereocenters. The average molecular weight is 236 g/mol. The molecule has 0 bridgehead atoms. The summed E-state index contributed by atoms with van der Waals surface area (Å²) in [5.74, 6) is -0.119. The van der Waals surface area contributed by atoms with Gasteiger partial charge in [0.05, 0.1) is 0 Å². The van der Waals surface area contributed by atoms with E-state index in [2.05, 4.69) is 11.8 Å². The fourth-order valence-corrected chi connectivity index (χ4v) is 2.39. The summed E-state index contributed by atoms with van der Waals surface area (Å²) < 4.78 is 0. The molecule has 1 saturated heterocycles. The van der Waals surface area contributed by atoms with E-state index >= 15 is 0 Å². The molecule has 94 valence electrons. The molecule has 0 amide bonds. The number of rotatable bonds is 2. The molecule has 4 heteroatoms. The van der Waals surface area contributed by atoms with Crippen LogP contribution in [0.5, 0.6) is 11.5 Å². The highest BCUT2D eigenvalue weighted by atomic mass is 16.3. The largest absolute Gasteiger partial charge is 0.504 e. The van der Waals surface area contributed by atoms with Crippen LogP contribution in [-0.2, 0) is 6.54 Å². The SMILES string of the molecule is CC1CC(N)CCN1Cc1ccc(O)c(O)c1. The molecule has 2 atom stereocenters. The summed E-state index contributed by atoms with van der Waals surface area (Å²) in [5, 5.41) is 18.7. The lowest BCUT2D eigenvalue weighted by Gasteiger charge is -2.36. The maximum Gasteiger partial charge on any atom is 0.157 e. The molecule has 1 aliphatic rings. The second kappa shape index (κ2) is 4.94. The van der Waals surface area contributed by atoms with Crippen LogP contribution in [0.15, 0.2) is 18.2 Å². The number of benzene rings is 1. The van der Waals surface area contributed by atoms with E-state index in [0.29, 0.717) is 12.1 Å². The van der Waals surface area contributed by atoms with Gasteiger partial charge in [-0.2, -0.15) is 0 Å². The van der Waals surface area contributed by atoms with Gasteiger partial charge in [0.25, 0.3) is 0 Å². The minimum Gasteiger partial charge on any atom is -0.504 e. The molecule has 4 nitrogen and oxygen atoms in total. The minimum atomic E-state index is -0.0672. The van der Waals surface area contributed by atoms with Crippen LogP contribution in [0.25, 0.3) is 0 Å². The Kier molecular flexibility index (Phi) is 3.54. The van der Waals surface area contributed by atoms with E-state index in [1.165, 1.54) is 6.07 Å². The van der Waals surface area contributed by atoms with Crippen molar-refractivity contribution in [1.29, 1.82) is 0 Å². The molecule has 0 spiro atoms. The number of nitrogens with zero attached hydrogens (tertiary/aromatic N) is 1. The predicted octanol–water partition coefficient (Wildman–Crippen LogP) is 1.41. The van der Waals surface area contributed by atoms with Crippen LogP contribution in [0.3, 0.4) is 0 Å². The van der Waals surface area contributed by atoms with Crippen molar-refractivity contribution in [2.45, 2.75) is 38.4 Å². The topological polar surface area (TPSA) is 69.7 Å². The van der Waals surface area contributed by atoms with Gasteiger partial charge < -0.3 is 15.9 Å². The van der Waals surface area contributed by atoms with E-state index in [-0.39, 0.29) is 11.5 Å². The minimum absolute atomic E-state index is 0.0520. The highest BCUT2D eigenvalue weighted by Crippen LogP contribution is 2.26. The van der Waals surface area contributed by atoms with Gasteiger partial charge in [0, 0.05) is 25.2 Å². The van der Waals surface area contributed by atoms with Gasteiger partial charge in [-0.15, -0.1) is 0 Å². The lowest BCUT2D eigenvalue weighted by molar-refractivity contribution is 0.140. The molecule has 0 aromatic heterocycles. The molecule has 4 N–H and O–H groups in total. The predicted molar refractivity (Wildman–Crippen MR) is 66.9 cm³/mol. The molecule has 1 aromatic carbocycles. The molecule has 1 fully saturated rings. The zero-order valence-electron chi connectivity index (χ0n) is 10.1. The van der Waals surface area contributed by atoms with Crippen LogP contribution in [0.1, 0.15) is 25.3 Å². The first-order valence-corrected chi connectivity index (χ1v) is 6.06. The van der Waals surface area contributed by atoms with Gasteiger partial charge in [0.15, 0.2) is 11.5 Å². The Morgan fingerprint density at radius 1 is 1.35 bits per heavy atom. The monoisotopic (exact) mass is 236 g/mol. The summed E-state index contributed by atoms with van der Waals surface area (Å²) in [6.45, 7) is 3.96. The molecule has 0 radical (unpaired) electrons. The number of phenolic OH excluding ortho intramolecular Hbond substituents is 2. The van der Waals surface area contributed by atoms with E-state index in [1.807, 2.05) is 6.07 Å². The number of nitrogens with two attached hydrogens (primary N) is 1. The zero-order chi connectivity index (χ0) is 12.4. The summed E-state index contributed by atoms with van der Waals surface area (Å²) in [4.78, 5) is 2.36. The third kappa shape index (κ3) is 2.90. The lowest BCUT2D eigenvalue weighted by Crippen LogP contribution is -2.44. The zero-order valence-corrected chi connectivity index (χ0v) is 10.1. The van der Waals surface area contributed by atoms with Gasteiger partial charge >= 0.3 is 0 Å². The molecule has 2 rings (SSSR count). The van der Waals surface area contributed by atoms with E-state index in [9.17, 15) is 10.2 Å². The van der Waals surface area contributed by atoms with Crippen LogP contribution < -0.4 is 5.73 Å².